The van der Waals surface area contributed by atoms with Crippen LogP contribution in [0.5, 0.6) is 0 Å². The quantitative estimate of drug-likeness (QED) is 0.593. The maximum absolute atomic E-state index is 9.40. The van der Waals surface area contributed by atoms with Crippen LogP contribution in [-0.4, -0.2) is 5.11 Å². The van der Waals surface area contributed by atoms with E-state index in [0.29, 0.717) is 17.6 Å². The largest absolute Gasteiger partial charge is 0.512 e. The Morgan fingerprint density at radius 1 is 1.60 bits per heavy atom. The molecule has 0 saturated heterocycles. The zero-order chi connectivity index (χ0) is 7.56. The van der Waals surface area contributed by atoms with Crippen LogP contribution in [0.15, 0.2) is 11.8 Å². The normalized spacial score (nSPS) is 26.7. The van der Waals surface area contributed by atoms with Gasteiger partial charge in [0.25, 0.3) is 0 Å². The summed E-state index contributed by atoms with van der Waals surface area (Å²) >= 11 is 0. The highest BCUT2D eigenvalue weighted by Crippen LogP contribution is 2.28. The third kappa shape index (κ3) is 1.53. The lowest BCUT2D eigenvalue weighted by Crippen LogP contribution is -2.14. The fourth-order valence-electron chi connectivity index (χ4n) is 1.56. The molecular formula is C9H16O. The SMILES string of the molecule is CC(C)C1CCCC=C1O. The summed E-state index contributed by atoms with van der Waals surface area (Å²) in [4.78, 5) is 0. The van der Waals surface area contributed by atoms with Gasteiger partial charge < -0.3 is 5.11 Å². The van der Waals surface area contributed by atoms with Crippen molar-refractivity contribution < 1.29 is 5.11 Å². The average molecular weight is 140 g/mol. The van der Waals surface area contributed by atoms with E-state index in [-0.39, 0.29) is 0 Å². The van der Waals surface area contributed by atoms with Crippen molar-refractivity contribution in [3.05, 3.63) is 11.8 Å². The fourth-order valence-corrected chi connectivity index (χ4v) is 1.56. The molecular weight excluding hydrogens is 124 g/mol. The Hall–Kier alpha value is -0.460. The van der Waals surface area contributed by atoms with Crippen molar-refractivity contribution in [3.8, 4) is 0 Å². The van der Waals surface area contributed by atoms with E-state index >= 15 is 0 Å². The lowest BCUT2D eigenvalue weighted by molar-refractivity contribution is 0.252. The van der Waals surface area contributed by atoms with E-state index in [1.165, 1.54) is 12.8 Å². The van der Waals surface area contributed by atoms with Crippen LogP contribution in [0.25, 0.3) is 0 Å². The topological polar surface area (TPSA) is 20.2 Å². The first kappa shape index (κ1) is 7.64. The Morgan fingerprint density at radius 2 is 2.30 bits per heavy atom. The fraction of sp³-hybridized carbons (Fsp3) is 0.778. The van der Waals surface area contributed by atoms with Gasteiger partial charge in [0.2, 0.25) is 0 Å². The molecule has 0 aromatic rings. The van der Waals surface area contributed by atoms with Crippen molar-refractivity contribution in [2.45, 2.75) is 33.1 Å². The number of aliphatic hydroxyl groups is 1. The van der Waals surface area contributed by atoms with Crippen LogP contribution in [0.3, 0.4) is 0 Å². The van der Waals surface area contributed by atoms with Crippen LogP contribution < -0.4 is 0 Å². The zero-order valence-corrected chi connectivity index (χ0v) is 6.80. The molecule has 58 valence electrons. The first-order valence-electron chi connectivity index (χ1n) is 4.11. The lowest BCUT2D eigenvalue weighted by Gasteiger charge is -2.23. The van der Waals surface area contributed by atoms with Crippen LogP contribution in [0, 0.1) is 11.8 Å². The minimum Gasteiger partial charge on any atom is -0.512 e. The number of hydrogen-bond donors (Lipinski definition) is 1. The van der Waals surface area contributed by atoms with Crippen LogP contribution >= 0.6 is 0 Å². The molecule has 1 nitrogen and oxygen atoms in total. The molecule has 0 bridgehead atoms. The van der Waals surface area contributed by atoms with Gasteiger partial charge in [-0.05, 0) is 31.3 Å². The van der Waals surface area contributed by atoms with Gasteiger partial charge >= 0.3 is 0 Å². The van der Waals surface area contributed by atoms with Crippen molar-refractivity contribution in [1.82, 2.24) is 0 Å². The molecule has 1 aliphatic carbocycles. The van der Waals surface area contributed by atoms with Crippen LogP contribution in [0.4, 0.5) is 0 Å². The van der Waals surface area contributed by atoms with Gasteiger partial charge in [-0.3, -0.25) is 0 Å². The molecule has 0 spiro atoms. The molecule has 0 amide bonds. The van der Waals surface area contributed by atoms with E-state index in [2.05, 4.69) is 13.8 Å². The molecule has 0 aromatic carbocycles. The van der Waals surface area contributed by atoms with Crippen molar-refractivity contribution in [1.29, 1.82) is 0 Å². The molecule has 1 atom stereocenters. The average Bonchev–Trinajstić information content (AvgIpc) is 1.88. The lowest BCUT2D eigenvalue weighted by atomic mass is 9.85. The van der Waals surface area contributed by atoms with E-state index in [4.69, 9.17) is 0 Å². The van der Waals surface area contributed by atoms with Crippen molar-refractivity contribution in [3.63, 3.8) is 0 Å². The second-order valence-electron chi connectivity index (χ2n) is 3.41. The number of rotatable bonds is 1. The number of hydrogen-bond acceptors (Lipinski definition) is 1. The smallest absolute Gasteiger partial charge is 0.0916 e. The molecule has 1 rings (SSSR count). The maximum Gasteiger partial charge on any atom is 0.0916 e. The van der Waals surface area contributed by atoms with Gasteiger partial charge in [-0.15, -0.1) is 0 Å². The Kier molecular flexibility index (Phi) is 2.36. The van der Waals surface area contributed by atoms with Crippen LogP contribution in [0.1, 0.15) is 33.1 Å². The summed E-state index contributed by atoms with van der Waals surface area (Å²) < 4.78 is 0. The molecule has 1 unspecified atom stereocenters. The van der Waals surface area contributed by atoms with Crippen LogP contribution in [-0.2, 0) is 0 Å². The van der Waals surface area contributed by atoms with E-state index < -0.39 is 0 Å². The first-order chi connectivity index (χ1) is 4.72. The minimum atomic E-state index is 0.439. The summed E-state index contributed by atoms with van der Waals surface area (Å²) in [6.45, 7) is 4.33. The van der Waals surface area contributed by atoms with E-state index in [9.17, 15) is 5.11 Å². The van der Waals surface area contributed by atoms with Crippen molar-refractivity contribution in [2.75, 3.05) is 0 Å². The third-order valence-electron chi connectivity index (χ3n) is 2.26. The summed E-state index contributed by atoms with van der Waals surface area (Å²) in [6, 6.07) is 0. The molecule has 0 heterocycles. The van der Waals surface area contributed by atoms with Crippen molar-refractivity contribution >= 4 is 0 Å². The highest BCUT2D eigenvalue weighted by molar-refractivity contribution is 5.01. The summed E-state index contributed by atoms with van der Waals surface area (Å²) in [5.41, 5.74) is 0. The van der Waals surface area contributed by atoms with Gasteiger partial charge in [-0.25, -0.2) is 0 Å². The molecule has 10 heavy (non-hydrogen) atoms. The van der Waals surface area contributed by atoms with Gasteiger partial charge in [0, 0.05) is 5.92 Å². The highest BCUT2D eigenvalue weighted by atomic mass is 16.3. The standard InChI is InChI=1S/C9H16O/c1-7(2)8-5-3-4-6-9(8)10/h6-8,10H,3-5H2,1-2H3. The number of aliphatic hydroxyl groups excluding tert-OH is 1. The van der Waals surface area contributed by atoms with Gasteiger partial charge in [0.1, 0.15) is 0 Å². The molecule has 0 aromatic heterocycles. The Labute approximate surface area is 62.8 Å². The summed E-state index contributed by atoms with van der Waals surface area (Å²) in [5.74, 6) is 1.66. The molecule has 0 aliphatic heterocycles. The zero-order valence-electron chi connectivity index (χ0n) is 6.80. The van der Waals surface area contributed by atoms with E-state index in [0.717, 1.165) is 6.42 Å². The second kappa shape index (κ2) is 3.09. The Morgan fingerprint density at radius 3 is 2.70 bits per heavy atom. The summed E-state index contributed by atoms with van der Waals surface area (Å²) in [6.07, 6.45) is 5.44. The van der Waals surface area contributed by atoms with Gasteiger partial charge in [-0.2, -0.15) is 0 Å². The van der Waals surface area contributed by atoms with E-state index in [1.54, 1.807) is 0 Å². The molecule has 0 fully saturated rings. The molecule has 1 heteroatoms. The predicted octanol–water partition coefficient (Wildman–Crippen LogP) is 2.88. The monoisotopic (exact) mass is 140 g/mol. The highest BCUT2D eigenvalue weighted by Gasteiger charge is 2.19. The maximum atomic E-state index is 9.40. The van der Waals surface area contributed by atoms with Gasteiger partial charge in [-0.1, -0.05) is 13.8 Å². The van der Waals surface area contributed by atoms with Crippen LogP contribution in [0.2, 0.25) is 0 Å². The summed E-state index contributed by atoms with van der Waals surface area (Å²) in [7, 11) is 0. The third-order valence-corrected chi connectivity index (χ3v) is 2.26. The van der Waals surface area contributed by atoms with Crippen molar-refractivity contribution in [2.24, 2.45) is 11.8 Å². The molecule has 0 saturated carbocycles. The predicted molar refractivity (Wildman–Crippen MR) is 42.9 cm³/mol. The second-order valence-corrected chi connectivity index (χ2v) is 3.41. The van der Waals surface area contributed by atoms with E-state index in [1.807, 2.05) is 6.08 Å². The molecule has 0 radical (unpaired) electrons. The molecule has 1 N–H and O–H groups in total. The summed E-state index contributed by atoms with van der Waals surface area (Å²) in [5, 5.41) is 9.40. The van der Waals surface area contributed by atoms with Gasteiger partial charge in [0.15, 0.2) is 0 Å². The van der Waals surface area contributed by atoms with Gasteiger partial charge in [0.05, 0.1) is 5.76 Å². The minimum absolute atomic E-state index is 0.439. The number of allylic oxidation sites excluding steroid dienone is 2. The first-order valence-corrected chi connectivity index (χ1v) is 4.11. The Bertz CT molecular complexity index is 136. The Balaban J connectivity index is 2.58. The molecule has 1 aliphatic rings.